The van der Waals surface area contributed by atoms with Crippen LogP contribution in [0.4, 0.5) is 14.5 Å². The third-order valence-electron chi connectivity index (χ3n) is 9.66. The molecule has 3 aromatic rings. The van der Waals surface area contributed by atoms with E-state index < -0.39 is 52.3 Å². The molecule has 0 spiro atoms. The number of carbonyl (C=O) groups is 2. The van der Waals surface area contributed by atoms with E-state index in [1.165, 1.54) is 55.6 Å². The van der Waals surface area contributed by atoms with Crippen molar-refractivity contribution in [3.8, 4) is 11.8 Å². The van der Waals surface area contributed by atoms with E-state index in [-0.39, 0.29) is 44.8 Å². The molecule has 3 aromatic carbocycles. The van der Waals surface area contributed by atoms with Crippen LogP contribution in [0.2, 0.25) is 10.0 Å². The fraction of sp³-hybridized carbons (Fsp3) is 0.447. The Labute approximate surface area is 307 Å². The molecule has 272 valence electrons. The van der Waals surface area contributed by atoms with Gasteiger partial charge in [-0.3, -0.25) is 9.69 Å². The van der Waals surface area contributed by atoms with Gasteiger partial charge in [0.25, 0.3) is 0 Å². The summed E-state index contributed by atoms with van der Waals surface area (Å²) in [6.07, 6.45) is 0.319. The first kappa shape index (κ1) is 38.4. The molecule has 2 aliphatic heterocycles. The zero-order valence-electron chi connectivity index (χ0n) is 29.4. The van der Waals surface area contributed by atoms with Crippen LogP contribution >= 0.6 is 23.2 Å². The monoisotopic (exact) mass is 741 g/mol. The van der Waals surface area contributed by atoms with Crippen LogP contribution in [0.1, 0.15) is 54.6 Å². The molecule has 2 saturated heterocycles. The molecule has 5 rings (SSSR count). The summed E-state index contributed by atoms with van der Waals surface area (Å²) >= 11 is 12.4. The second kappa shape index (κ2) is 15.8. The molecule has 0 aliphatic carbocycles. The molecule has 0 unspecified atom stereocenters. The van der Waals surface area contributed by atoms with Crippen LogP contribution in [0.25, 0.3) is 0 Å². The number of likely N-dealkylation sites (N-methyl/N-ethyl adjacent to an activating group) is 1. The van der Waals surface area contributed by atoms with E-state index in [0.717, 1.165) is 32.2 Å². The van der Waals surface area contributed by atoms with Gasteiger partial charge in [0, 0.05) is 55.3 Å². The van der Waals surface area contributed by atoms with E-state index >= 15 is 8.78 Å². The van der Waals surface area contributed by atoms with Crippen molar-refractivity contribution in [2.75, 3.05) is 58.8 Å². The van der Waals surface area contributed by atoms with Crippen molar-refractivity contribution in [3.63, 3.8) is 0 Å². The summed E-state index contributed by atoms with van der Waals surface area (Å²) in [6.45, 7) is 10.4. The topological polar surface area (TPSA) is 107 Å². The molecule has 2 heterocycles. The minimum Gasteiger partial charge on any atom is -0.495 e. The Hall–Kier alpha value is -3.79. The number of hydrogen-bond donors (Lipinski definition) is 2. The number of esters is 1. The zero-order chi connectivity index (χ0) is 37.1. The van der Waals surface area contributed by atoms with Crippen LogP contribution in [0.5, 0.6) is 5.75 Å². The van der Waals surface area contributed by atoms with Crippen molar-refractivity contribution in [2.24, 2.45) is 5.41 Å². The number of nitriles is 1. The number of rotatable bonds is 10. The number of carbonyl (C=O) groups excluding carboxylic acids is 2. The average Bonchev–Trinajstić information content (AvgIpc) is 3.39. The molecule has 2 aliphatic rings. The smallest absolute Gasteiger partial charge is 0.338 e. The SMILES string of the molecule is COc1cc(C(=O)OCCN2CCN(C)CC2)ccc1NC(=O)[C@@H]1N[C@@H](CC(C)(C)C)[C@](C#N)(c2ccc(Cl)cc2F)[C@H]1c1cccc(Cl)c1F. The minimum absolute atomic E-state index is 0.0240. The minimum atomic E-state index is -1.78. The summed E-state index contributed by atoms with van der Waals surface area (Å²) in [5.74, 6) is -3.81. The average molecular weight is 743 g/mol. The third kappa shape index (κ3) is 8.32. The highest BCUT2D eigenvalue weighted by molar-refractivity contribution is 6.31. The predicted octanol–water partition coefficient (Wildman–Crippen LogP) is 6.64. The van der Waals surface area contributed by atoms with Crippen molar-refractivity contribution >= 4 is 40.8 Å². The molecule has 51 heavy (non-hydrogen) atoms. The van der Waals surface area contributed by atoms with Crippen molar-refractivity contribution < 1.29 is 27.8 Å². The molecule has 0 saturated carbocycles. The van der Waals surface area contributed by atoms with Crippen LogP contribution in [-0.4, -0.2) is 87.2 Å². The van der Waals surface area contributed by atoms with Gasteiger partial charge in [-0.2, -0.15) is 5.26 Å². The Bertz CT molecular complexity index is 1810. The lowest BCUT2D eigenvalue weighted by atomic mass is 9.62. The molecule has 1 amide bonds. The molecular formula is C38H43Cl2F2N5O4. The van der Waals surface area contributed by atoms with Crippen LogP contribution < -0.4 is 15.4 Å². The summed E-state index contributed by atoms with van der Waals surface area (Å²) in [5.41, 5.74) is -1.77. The summed E-state index contributed by atoms with van der Waals surface area (Å²) in [4.78, 5) is 31.8. The number of anilines is 1. The number of ether oxygens (including phenoxy) is 2. The van der Waals surface area contributed by atoms with Gasteiger partial charge in [-0.15, -0.1) is 0 Å². The molecule has 0 radical (unpaired) electrons. The first-order valence-corrected chi connectivity index (χ1v) is 17.6. The third-order valence-corrected chi connectivity index (χ3v) is 10.2. The largest absolute Gasteiger partial charge is 0.495 e. The predicted molar refractivity (Wildman–Crippen MR) is 193 cm³/mol. The normalized spacial score (nSPS) is 22.7. The van der Waals surface area contributed by atoms with Gasteiger partial charge < -0.3 is 25.0 Å². The second-order valence-electron chi connectivity index (χ2n) is 14.4. The van der Waals surface area contributed by atoms with Crippen LogP contribution in [0.3, 0.4) is 0 Å². The van der Waals surface area contributed by atoms with Gasteiger partial charge >= 0.3 is 5.97 Å². The van der Waals surface area contributed by atoms with Crippen molar-refractivity contribution in [1.29, 1.82) is 5.26 Å². The maximum Gasteiger partial charge on any atom is 0.338 e. The molecule has 0 aromatic heterocycles. The van der Waals surface area contributed by atoms with Crippen LogP contribution in [-0.2, 0) is 14.9 Å². The number of hydrogen-bond acceptors (Lipinski definition) is 8. The highest BCUT2D eigenvalue weighted by atomic mass is 35.5. The summed E-state index contributed by atoms with van der Waals surface area (Å²) in [7, 11) is 3.47. The van der Waals surface area contributed by atoms with E-state index in [9.17, 15) is 14.9 Å². The fourth-order valence-electron chi connectivity index (χ4n) is 7.11. The second-order valence-corrected chi connectivity index (χ2v) is 15.2. The molecule has 13 heteroatoms. The fourth-order valence-corrected chi connectivity index (χ4v) is 7.45. The highest BCUT2D eigenvalue weighted by Crippen LogP contribution is 2.53. The van der Waals surface area contributed by atoms with E-state index in [1.807, 2.05) is 20.8 Å². The molecule has 4 atom stereocenters. The summed E-state index contributed by atoms with van der Waals surface area (Å²) in [6, 6.07) is 13.1. The number of piperazine rings is 1. The Morgan fingerprint density at radius 1 is 1.08 bits per heavy atom. The number of nitrogens with one attached hydrogen (secondary N) is 2. The van der Waals surface area contributed by atoms with Crippen molar-refractivity contribution in [2.45, 2.75) is 50.6 Å². The Morgan fingerprint density at radius 2 is 1.80 bits per heavy atom. The van der Waals surface area contributed by atoms with Gasteiger partial charge in [-0.25, -0.2) is 13.6 Å². The quantitative estimate of drug-likeness (QED) is 0.223. The maximum atomic E-state index is 16.0. The number of benzene rings is 3. The van der Waals surface area contributed by atoms with E-state index in [1.54, 1.807) is 0 Å². The lowest BCUT2D eigenvalue weighted by Gasteiger charge is -2.37. The number of nitrogens with zero attached hydrogens (tertiary/aromatic N) is 3. The molecule has 2 N–H and O–H groups in total. The van der Waals surface area contributed by atoms with Crippen LogP contribution in [0, 0.1) is 28.4 Å². The molecule has 2 fully saturated rings. The highest BCUT2D eigenvalue weighted by Gasteiger charge is 2.61. The standard InChI is InChI=1S/C38H43Cl2F2N5O4/c1-37(2,3)21-31-38(22-43,26-11-10-24(39)20-28(26)41)32(25-7-6-8-27(40)33(25)42)34(45-31)35(48)44-29-12-9-23(19-30(29)50-5)36(49)51-18-17-47-15-13-46(4)14-16-47/h6-12,19-20,31-32,34,45H,13-18,21H2,1-5H3,(H,44,48)/t31-,32-,34+,38-/m0/s1. The number of amides is 1. The van der Waals surface area contributed by atoms with E-state index in [4.69, 9.17) is 32.7 Å². The lowest BCUT2D eigenvalue weighted by molar-refractivity contribution is -0.118. The first-order chi connectivity index (χ1) is 24.2. The molecule has 9 nitrogen and oxygen atoms in total. The van der Waals surface area contributed by atoms with Gasteiger partial charge in [0.15, 0.2) is 0 Å². The lowest BCUT2D eigenvalue weighted by Crippen LogP contribution is -2.45. The van der Waals surface area contributed by atoms with Crippen molar-refractivity contribution in [3.05, 3.63) is 93.0 Å². The van der Waals surface area contributed by atoms with E-state index in [0.29, 0.717) is 13.0 Å². The maximum absolute atomic E-state index is 16.0. The molecule has 0 bridgehead atoms. The van der Waals surface area contributed by atoms with Gasteiger partial charge in [-0.05, 0) is 60.8 Å². The summed E-state index contributed by atoms with van der Waals surface area (Å²) < 4.78 is 43.0. The van der Waals surface area contributed by atoms with Gasteiger partial charge in [0.05, 0.1) is 35.5 Å². The Morgan fingerprint density at radius 3 is 2.45 bits per heavy atom. The summed E-state index contributed by atoms with van der Waals surface area (Å²) in [5, 5.41) is 17.1. The van der Waals surface area contributed by atoms with Gasteiger partial charge in [0.1, 0.15) is 29.4 Å². The first-order valence-electron chi connectivity index (χ1n) is 16.8. The zero-order valence-corrected chi connectivity index (χ0v) is 30.9. The van der Waals surface area contributed by atoms with Crippen LogP contribution in [0.15, 0.2) is 54.6 Å². The number of methoxy groups -OCH3 is 1. The number of halogens is 4. The van der Waals surface area contributed by atoms with Gasteiger partial charge in [-0.1, -0.05) is 62.2 Å². The van der Waals surface area contributed by atoms with E-state index in [2.05, 4.69) is 33.6 Å². The Balaban J connectivity index is 1.48. The Kier molecular flexibility index (Phi) is 11.9. The van der Waals surface area contributed by atoms with Crippen molar-refractivity contribution in [1.82, 2.24) is 15.1 Å². The van der Waals surface area contributed by atoms with Gasteiger partial charge in [0.2, 0.25) is 5.91 Å². The molecular weight excluding hydrogens is 699 g/mol.